The second kappa shape index (κ2) is 5.21. The molecule has 1 atom stereocenters. The van der Waals surface area contributed by atoms with Crippen molar-refractivity contribution in [1.82, 2.24) is 10.3 Å². The minimum atomic E-state index is -0.600. The number of carbonyl (C=O) groups excluding carboxylic acids is 1. The number of nitrogens with two attached hydrogens (primary N) is 1. The van der Waals surface area contributed by atoms with E-state index in [1.807, 2.05) is 6.92 Å². The van der Waals surface area contributed by atoms with Gasteiger partial charge >= 0.3 is 0 Å². The number of aromatic nitrogens is 1. The van der Waals surface area contributed by atoms with Gasteiger partial charge in [-0.25, -0.2) is 4.98 Å². The van der Waals surface area contributed by atoms with Crippen molar-refractivity contribution in [1.29, 1.82) is 0 Å². The zero-order valence-electron chi connectivity index (χ0n) is 10.6. The molecule has 1 aliphatic rings. The molecule has 1 heterocycles. The monoisotopic (exact) mass is 264 g/mol. The first-order valence-electron chi connectivity index (χ1n) is 6.18. The van der Waals surface area contributed by atoms with Crippen LogP contribution in [0, 0.1) is 16.0 Å². The molecule has 1 fully saturated rings. The van der Waals surface area contributed by atoms with Gasteiger partial charge in [0.1, 0.15) is 12.0 Å². The van der Waals surface area contributed by atoms with Crippen molar-refractivity contribution in [3.63, 3.8) is 0 Å². The Morgan fingerprint density at radius 2 is 2.37 bits per heavy atom. The molecule has 0 aliphatic heterocycles. The molecule has 1 aliphatic carbocycles. The molecule has 19 heavy (non-hydrogen) atoms. The van der Waals surface area contributed by atoms with Crippen LogP contribution in [0.25, 0.3) is 0 Å². The maximum atomic E-state index is 12.0. The van der Waals surface area contributed by atoms with Gasteiger partial charge in [-0.1, -0.05) is 12.8 Å². The summed E-state index contributed by atoms with van der Waals surface area (Å²) in [5.41, 5.74) is 5.40. The number of carbonyl (C=O) groups is 1. The highest BCUT2D eigenvalue weighted by Gasteiger charge is 2.25. The first-order valence-corrected chi connectivity index (χ1v) is 6.18. The fourth-order valence-corrected chi connectivity index (χ4v) is 1.96. The number of nitrogens with zero attached hydrogens (tertiary/aromatic N) is 2. The van der Waals surface area contributed by atoms with Gasteiger partial charge in [-0.3, -0.25) is 14.9 Å². The van der Waals surface area contributed by atoms with E-state index in [9.17, 15) is 14.9 Å². The quantitative estimate of drug-likeness (QED) is 0.618. The van der Waals surface area contributed by atoms with Gasteiger partial charge in [0.15, 0.2) is 0 Å². The normalized spacial score (nSPS) is 15.8. The molecule has 0 spiro atoms. The topological polar surface area (TPSA) is 111 Å². The molecule has 1 unspecified atom stereocenters. The lowest BCUT2D eigenvalue weighted by Gasteiger charge is -2.13. The van der Waals surface area contributed by atoms with E-state index in [0.29, 0.717) is 5.92 Å². The van der Waals surface area contributed by atoms with Gasteiger partial charge in [-0.2, -0.15) is 0 Å². The van der Waals surface area contributed by atoms with Crippen molar-refractivity contribution in [2.75, 3.05) is 5.73 Å². The molecule has 1 amide bonds. The largest absolute Gasteiger partial charge is 0.383 e. The van der Waals surface area contributed by atoms with Gasteiger partial charge < -0.3 is 11.1 Å². The van der Waals surface area contributed by atoms with Crippen molar-refractivity contribution >= 4 is 17.4 Å². The number of amides is 1. The summed E-state index contributed by atoms with van der Waals surface area (Å²) >= 11 is 0. The number of hydrogen-bond donors (Lipinski definition) is 2. The molecule has 0 bridgehead atoms. The van der Waals surface area contributed by atoms with Gasteiger partial charge in [0.25, 0.3) is 11.6 Å². The Morgan fingerprint density at radius 3 is 2.95 bits per heavy atom. The van der Waals surface area contributed by atoms with E-state index >= 15 is 0 Å². The molecule has 7 heteroatoms. The fraction of sp³-hybridized carbons (Fsp3) is 0.500. The van der Waals surface area contributed by atoms with Crippen molar-refractivity contribution < 1.29 is 9.72 Å². The first-order chi connectivity index (χ1) is 8.97. The Hall–Kier alpha value is -2.18. The van der Waals surface area contributed by atoms with Crippen molar-refractivity contribution in [3.8, 4) is 0 Å². The summed E-state index contributed by atoms with van der Waals surface area (Å²) in [6.45, 7) is 1.91. The van der Waals surface area contributed by atoms with Gasteiger partial charge in [0, 0.05) is 12.1 Å². The molecule has 0 radical (unpaired) electrons. The number of hydrogen-bond acceptors (Lipinski definition) is 5. The van der Waals surface area contributed by atoms with Gasteiger partial charge in [-0.05, 0) is 19.3 Å². The Labute approximate surface area is 110 Å². The standard InChI is InChI=1S/C12H16N4O3/c1-7(4-8-2-3-8)15-12(17)10-5-9(16(18)19)6-14-11(10)13/h5-8H,2-4H2,1H3,(H2,13,14)(H,15,17). The molecule has 1 saturated carbocycles. The van der Waals surface area contributed by atoms with Crippen molar-refractivity contribution in [3.05, 3.63) is 27.9 Å². The molecule has 1 aromatic rings. The average Bonchev–Trinajstić information content (AvgIpc) is 3.12. The van der Waals surface area contributed by atoms with Gasteiger partial charge in [0.2, 0.25) is 0 Å². The van der Waals surface area contributed by atoms with Crippen LogP contribution in [0.4, 0.5) is 11.5 Å². The Morgan fingerprint density at radius 1 is 1.68 bits per heavy atom. The van der Waals surface area contributed by atoms with Crippen LogP contribution in [0.1, 0.15) is 36.5 Å². The molecule has 0 aromatic carbocycles. The fourth-order valence-electron chi connectivity index (χ4n) is 1.96. The average molecular weight is 264 g/mol. The van der Waals surface area contributed by atoms with Crippen LogP contribution in [0.2, 0.25) is 0 Å². The zero-order valence-corrected chi connectivity index (χ0v) is 10.6. The molecule has 1 aromatic heterocycles. The highest BCUT2D eigenvalue weighted by atomic mass is 16.6. The predicted molar refractivity (Wildman–Crippen MR) is 69.6 cm³/mol. The van der Waals surface area contributed by atoms with Gasteiger partial charge in [-0.15, -0.1) is 0 Å². The summed E-state index contributed by atoms with van der Waals surface area (Å²) in [5.74, 6) is 0.277. The number of anilines is 1. The third-order valence-electron chi connectivity index (χ3n) is 3.12. The number of nitrogens with one attached hydrogen (secondary N) is 1. The smallest absolute Gasteiger partial charge is 0.288 e. The molecule has 7 nitrogen and oxygen atoms in total. The number of pyridine rings is 1. The number of nitro groups is 1. The summed E-state index contributed by atoms with van der Waals surface area (Å²) < 4.78 is 0. The number of nitrogen functional groups attached to an aromatic ring is 1. The summed E-state index contributed by atoms with van der Waals surface area (Å²) in [6.07, 6.45) is 4.38. The van der Waals surface area contributed by atoms with E-state index in [1.165, 1.54) is 12.8 Å². The lowest BCUT2D eigenvalue weighted by molar-refractivity contribution is -0.385. The van der Waals surface area contributed by atoms with Gasteiger partial charge in [0.05, 0.1) is 10.5 Å². The molecule has 0 saturated heterocycles. The van der Waals surface area contributed by atoms with Crippen LogP contribution in [0.15, 0.2) is 12.3 Å². The van der Waals surface area contributed by atoms with Crippen LogP contribution >= 0.6 is 0 Å². The van der Waals surface area contributed by atoms with Crippen LogP contribution in [0.5, 0.6) is 0 Å². The van der Waals surface area contributed by atoms with E-state index in [4.69, 9.17) is 5.73 Å². The van der Waals surface area contributed by atoms with Crippen molar-refractivity contribution in [2.24, 2.45) is 5.92 Å². The first kappa shape index (κ1) is 13.3. The third kappa shape index (κ3) is 3.40. The highest BCUT2D eigenvalue weighted by Crippen LogP contribution is 2.33. The second-order valence-electron chi connectivity index (χ2n) is 4.94. The van der Waals surface area contributed by atoms with E-state index in [-0.39, 0.29) is 23.1 Å². The van der Waals surface area contributed by atoms with E-state index in [2.05, 4.69) is 10.3 Å². The lowest BCUT2D eigenvalue weighted by Crippen LogP contribution is -2.33. The Balaban J connectivity index is 2.08. The van der Waals surface area contributed by atoms with Crippen molar-refractivity contribution in [2.45, 2.75) is 32.2 Å². The van der Waals surface area contributed by atoms with Crippen LogP contribution < -0.4 is 11.1 Å². The molecular weight excluding hydrogens is 248 g/mol. The predicted octanol–water partition coefficient (Wildman–Crippen LogP) is 1.49. The Bertz CT molecular complexity index is 514. The Kier molecular flexibility index (Phi) is 3.64. The molecule has 102 valence electrons. The summed E-state index contributed by atoms with van der Waals surface area (Å²) in [4.78, 5) is 25.7. The molecular formula is C12H16N4O3. The second-order valence-corrected chi connectivity index (χ2v) is 4.94. The summed E-state index contributed by atoms with van der Waals surface area (Å²) in [6, 6.07) is 1.18. The van der Waals surface area contributed by atoms with Crippen LogP contribution in [0.3, 0.4) is 0 Å². The maximum Gasteiger partial charge on any atom is 0.288 e. The SMILES string of the molecule is CC(CC1CC1)NC(=O)c1cc([N+](=O)[O-])cnc1N. The highest BCUT2D eigenvalue weighted by molar-refractivity contribution is 5.99. The van der Waals surface area contributed by atoms with Crippen LogP contribution in [-0.2, 0) is 0 Å². The minimum absolute atomic E-state index is 0.00159. The zero-order chi connectivity index (χ0) is 14.0. The number of rotatable bonds is 5. The molecule has 2 rings (SSSR count). The molecule has 3 N–H and O–H groups in total. The summed E-state index contributed by atoms with van der Waals surface area (Å²) in [7, 11) is 0. The van der Waals surface area contributed by atoms with E-state index < -0.39 is 10.8 Å². The van der Waals surface area contributed by atoms with E-state index in [0.717, 1.165) is 18.7 Å². The van der Waals surface area contributed by atoms with E-state index in [1.54, 1.807) is 0 Å². The third-order valence-corrected chi connectivity index (χ3v) is 3.12. The lowest BCUT2D eigenvalue weighted by atomic mass is 10.1. The van der Waals surface area contributed by atoms with Crippen LogP contribution in [-0.4, -0.2) is 21.9 Å². The minimum Gasteiger partial charge on any atom is -0.383 e. The maximum absolute atomic E-state index is 12.0. The summed E-state index contributed by atoms with van der Waals surface area (Å²) in [5, 5.41) is 13.4.